The molecule has 0 radical (unpaired) electrons. The molecule has 1 aliphatic heterocycles. The van der Waals surface area contributed by atoms with E-state index >= 15 is 0 Å². The minimum absolute atomic E-state index is 0.0463. The van der Waals surface area contributed by atoms with Crippen LogP contribution < -0.4 is 0 Å². The van der Waals surface area contributed by atoms with Gasteiger partial charge in [0.1, 0.15) is 6.10 Å². The summed E-state index contributed by atoms with van der Waals surface area (Å²) in [6.07, 6.45) is 0.320. The van der Waals surface area contributed by atoms with Crippen LogP contribution in [-0.4, -0.2) is 31.0 Å². The first kappa shape index (κ1) is 8.20. The van der Waals surface area contributed by atoms with Crippen LogP contribution in [0.15, 0.2) is 0 Å². The number of rotatable bonds is 0. The third kappa shape index (κ3) is 0.765. The molecular weight excluding hydrogens is 192 g/mol. The molecule has 0 spiro atoms. The van der Waals surface area contributed by atoms with Gasteiger partial charge in [0.15, 0.2) is 0 Å². The van der Waals surface area contributed by atoms with Crippen LogP contribution in [0.3, 0.4) is 0 Å². The molecule has 2 bridgehead atoms. The Balaban J connectivity index is 2.14. The van der Waals surface area contributed by atoms with Crippen molar-refractivity contribution in [2.75, 3.05) is 0 Å². The Hall–Kier alpha value is -0.130. The van der Waals surface area contributed by atoms with E-state index in [4.69, 9.17) is 4.18 Å². The van der Waals surface area contributed by atoms with Crippen molar-refractivity contribution in [1.29, 1.82) is 0 Å². The summed E-state index contributed by atoms with van der Waals surface area (Å²) < 4.78 is 27.8. The normalized spacial score (nSPS) is 61.7. The summed E-state index contributed by atoms with van der Waals surface area (Å²) in [5, 5.41) is 9.47. The number of aliphatic hydroxyl groups excluding tert-OH is 1. The molecule has 0 amide bonds. The van der Waals surface area contributed by atoms with Gasteiger partial charge in [0.25, 0.3) is 10.1 Å². The molecule has 0 aromatic carbocycles. The standard InChI is InChI=1S/C8H12O4S/c1-8-2-4-5(3-8)13(10,11)12-6(4)7(8)9/h4-7,9H,2-3H2,1H3. The minimum Gasteiger partial charge on any atom is -0.390 e. The van der Waals surface area contributed by atoms with Crippen molar-refractivity contribution >= 4 is 10.1 Å². The largest absolute Gasteiger partial charge is 0.390 e. The van der Waals surface area contributed by atoms with E-state index in [0.29, 0.717) is 6.42 Å². The SMILES string of the molecule is CC12CC3C(OS(=O)(=O)C3C1)C2O. The maximum atomic E-state index is 11.4. The molecule has 5 atom stereocenters. The summed E-state index contributed by atoms with van der Waals surface area (Å²) in [4.78, 5) is 0. The van der Waals surface area contributed by atoms with Gasteiger partial charge in [0, 0.05) is 5.92 Å². The zero-order valence-electron chi connectivity index (χ0n) is 7.30. The molecule has 2 aliphatic carbocycles. The van der Waals surface area contributed by atoms with Crippen LogP contribution >= 0.6 is 0 Å². The summed E-state index contributed by atoms with van der Waals surface area (Å²) in [5.41, 5.74) is -0.219. The predicted octanol–water partition coefficient (Wildman–Crippen LogP) is -0.126. The summed E-state index contributed by atoms with van der Waals surface area (Å²) in [6, 6.07) is 0. The highest BCUT2D eigenvalue weighted by Gasteiger charge is 2.68. The van der Waals surface area contributed by atoms with E-state index in [1.807, 2.05) is 6.92 Å². The predicted molar refractivity (Wildman–Crippen MR) is 44.4 cm³/mol. The Morgan fingerprint density at radius 3 is 2.69 bits per heavy atom. The van der Waals surface area contributed by atoms with Crippen molar-refractivity contribution in [3.8, 4) is 0 Å². The van der Waals surface area contributed by atoms with Gasteiger partial charge >= 0.3 is 0 Å². The Kier molecular flexibility index (Phi) is 1.23. The third-order valence-electron chi connectivity index (χ3n) is 3.91. The summed E-state index contributed by atoms with van der Waals surface area (Å²) in [7, 11) is -3.36. The second-order valence-electron chi connectivity index (χ2n) is 4.76. The highest BCUT2D eigenvalue weighted by Crippen LogP contribution is 2.60. The number of hydrogen-bond donors (Lipinski definition) is 1. The van der Waals surface area contributed by atoms with Gasteiger partial charge in [-0.2, -0.15) is 8.42 Å². The van der Waals surface area contributed by atoms with Gasteiger partial charge in [-0.1, -0.05) is 6.92 Å². The maximum absolute atomic E-state index is 11.4. The smallest absolute Gasteiger partial charge is 0.270 e. The monoisotopic (exact) mass is 204 g/mol. The van der Waals surface area contributed by atoms with Crippen LogP contribution in [0.5, 0.6) is 0 Å². The highest BCUT2D eigenvalue weighted by atomic mass is 32.2. The molecule has 1 N–H and O–H groups in total. The number of fused-ring (bicyclic) bond motifs is 1. The Morgan fingerprint density at radius 1 is 1.46 bits per heavy atom. The summed E-state index contributed by atoms with van der Waals surface area (Å²) in [6.45, 7) is 1.95. The molecule has 0 aromatic heterocycles. The van der Waals surface area contributed by atoms with Gasteiger partial charge in [0.2, 0.25) is 0 Å². The second kappa shape index (κ2) is 1.94. The molecule has 5 heteroatoms. The molecule has 1 heterocycles. The van der Waals surface area contributed by atoms with Gasteiger partial charge in [-0.05, 0) is 18.3 Å². The van der Waals surface area contributed by atoms with Crippen molar-refractivity contribution in [3.63, 3.8) is 0 Å². The lowest BCUT2D eigenvalue weighted by Gasteiger charge is -2.28. The maximum Gasteiger partial charge on any atom is 0.270 e. The zero-order valence-corrected chi connectivity index (χ0v) is 8.12. The average molecular weight is 204 g/mol. The molecular formula is C8H12O4S. The minimum atomic E-state index is -3.36. The van der Waals surface area contributed by atoms with Crippen LogP contribution in [0.25, 0.3) is 0 Å². The zero-order chi connectivity index (χ0) is 9.43. The van der Waals surface area contributed by atoms with Crippen molar-refractivity contribution in [2.24, 2.45) is 11.3 Å². The van der Waals surface area contributed by atoms with Crippen molar-refractivity contribution < 1.29 is 17.7 Å². The topological polar surface area (TPSA) is 63.6 Å². The van der Waals surface area contributed by atoms with E-state index < -0.39 is 22.3 Å². The van der Waals surface area contributed by atoms with Crippen LogP contribution in [0.1, 0.15) is 19.8 Å². The molecule has 2 saturated carbocycles. The van der Waals surface area contributed by atoms with Crippen molar-refractivity contribution in [3.05, 3.63) is 0 Å². The van der Waals surface area contributed by atoms with Crippen LogP contribution in [-0.2, 0) is 14.3 Å². The van der Waals surface area contributed by atoms with E-state index in [9.17, 15) is 13.5 Å². The summed E-state index contributed by atoms with van der Waals surface area (Å²) in [5.74, 6) is 0.0463. The van der Waals surface area contributed by atoms with Gasteiger partial charge < -0.3 is 5.11 Å². The Morgan fingerprint density at radius 2 is 2.15 bits per heavy atom. The molecule has 5 unspecified atom stereocenters. The van der Waals surface area contributed by atoms with E-state index in [1.165, 1.54) is 0 Å². The van der Waals surface area contributed by atoms with E-state index in [-0.39, 0.29) is 16.6 Å². The average Bonchev–Trinajstić information content (AvgIpc) is 2.52. The fraction of sp³-hybridized carbons (Fsp3) is 1.00. The lowest BCUT2D eigenvalue weighted by molar-refractivity contribution is -0.0112. The molecule has 4 nitrogen and oxygen atoms in total. The first-order valence-electron chi connectivity index (χ1n) is 4.54. The fourth-order valence-electron chi connectivity index (χ4n) is 3.23. The van der Waals surface area contributed by atoms with E-state index in [1.54, 1.807) is 0 Å². The lowest BCUT2D eigenvalue weighted by atomic mass is 9.83. The first-order chi connectivity index (χ1) is 5.94. The van der Waals surface area contributed by atoms with E-state index in [0.717, 1.165) is 6.42 Å². The molecule has 1 saturated heterocycles. The Bertz CT molecular complexity index is 362. The van der Waals surface area contributed by atoms with Crippen LogP contribution in [0, 0.1) is 11.3 Å². The number of aliphatic hydroxyl groups is 1. The quantitative estimate of drug-likeness (QED) is 0.558. The second-order valence-corrected chi connectivity index (χ2v) is 6.55. The van der Waals surface area contributed by atoms with Gasteiger partial charge in [-0.25, -0.2) is 0 Å². The summed E-state index contributed by atoms with van der Waals surface area (Å²) >= 11 is 0. The Labute approximate surface area is 77.0 Å². The molecule has 3 rings (SSSR count). The molecule has 74 valence electrons. The molecule has 13 heavy (non-hydrogen) atoms. The van der Waals surface area contributed by atoms with Gasteiger partial charge in [0.05, 0.1) is 11.4 Å². The first-order valence-corrected chi connectivity index (χ1v) is 6.01. The molecule has 0 aromatic rings. The lowest BCUT2D eigenvalue weighted by Crippen LogP contribution is -2.38. The van der Waals surface area contributed by atoms with Crippen LogP contribution in [0.2, 0.25) is 0 Å². The van der Waals surface area contributed by atoms with Crippen molar-refractivity contribution in [2.45, 2.75) is 37.2 Å². The fourth-order valence-corrected chi connectivity index (χ4v) is 5.20. The van der Waals surface area contributed by atoms with Gasteiger partial charge in [-0.3, -0.25) is 4.18 Å². The van der Waals surface area contributed by atoms with Crippen LogP contribution in [0.4, 0.5) is 0 Å². The van der Waals surface area contributed by atoms with Crippen molar-refractivity contribution in [1.82, 2.24) is 0 Å². The molecule has 3 aliphatic rings. The number of hydrogen-bond acceptors (Lipinski definition) is 4. The van der Waals surface area contributed by atoms with E-state index in [2.05, 4.69) is 0 Å². The molecule has 3 fully saturated rings. The third-order valence-corrected chi connectivity index (χ3v) is 5.66. The highest BCUT2D eigenvalue weighted by molar-refractivity contribution is 7.87. The van der Waals surface area contributed by atoms with Gasteiger partial charge in [-0.15, -0.1) is 0 Å².